The van der Waals surface area contributed by atoms with Gasteiger partial charge in [0.2, 0.25) is 5.91 Å². The van der Waals surface area contributed by atoms with E-state index in [9.17, 15) is 4.79 Å². The predicted molar refractivity (Wildman–Crippen MR) is 96.0 cm³/mol. The molecule has 1 fully saturated rings. The molecule has 1 aromatic carbocycles. The number of carbonyl (C=O) groups is 1. The summed E-state index contributed by atoms with van der Waals surface area (Å²) in [4.78, 5) is 18.8. The van der Waals surface area contributed by atoms with Gasteiger partial charge in [0.1, 0.15) is 0 Å². The molecule has 1 aliphatic heterocycles. The van der Waals surface area contributed by atoms with Gasteiger partial charge in [0.05, 0.1) is 0 Å². The number of hydrogen-bond donors (Lipinski definition) is 1. The molecule has 5 heteroatoms. The summed E-state index contributed by atoms with van der Waals surface area (Å²) in [6.45, 7) is 3.78. The van der Waals surface area contributed by atoms with Crippen molar-refractivity contribution in [2.75, 3.05) is 59.3 Å². The number of hydrogen-bond acceptors (Lipinski definition) is 4. The molecule has 1 amide bonds. The first-order valence-corrected chi connectivity index (χ1v) is 8.37. The van der Waals surface area contributed by atoms with Crippen LogP contribution in [0.5, 0.6) is 0 Å². The third kappa shape index (κ3) is 5.52. The Balaban J connectivity index is 1.72. The third-order valence-corrected chi connectivity index (χ3v) is 4.59. The van der Waals surface area contributed by atoms with Gasteiger partial charge in [0, 0.05) is 58.4 Å². The second kappa shape index (κ2) is 8.31. The Morgan fingerprint density at radius 2 is 1.91 bits per heavy atom. The zero-order chi connectivity index (χ0) is 16.8. The van der Waals surface area contributed by atoms with Crippen LogP contribution in [0.2, 0.25) is 0 Å². The van der Waals surface area contributed by atoms with Gasteiger partial charge < -0.3 is 20.0 Å². The number of anilines is 1. The Kier molecular flexibility index (Phi) is 6.42. The maximum absolute atomic E-state index is 12.1. The van der Waals surface area contributed by atoms with Crippen LogP contribution in [0, 0.1) is 0 Å². The fourth-order valence-electron chi connectivity index (χ4n) is 2.92. The molecule has 1 heterocycles. The minimum atomic E-state index is 0.155. The average Bonchev–Trinajstić information content (AvgIpc) is 2.51. The van der Waals surface area contributed by atoms with Crippen molar-refractivity contribution in [1.82, 2.24) is 15.1 Å². The van der Waals surface area contributed by atoms with Crippen LogP contribution < -0.4 is 10.2 Å². The minimum Gasteiger partial charge on any atom is -0.378 e. The minimum absolute atomic E-state index is 0.155. The topological polar surface area (TPSA) is 38.8 Å². The summed E-state index contributed by atoms with van der Waals surface area (Å²) in [5.41, 5.74) is 2.45. The number of nitrogens with zero attached hydrogens (tertiary/aromatic N) is 3. The van der Waals surface area contributed by atoms with Crippen molar-refractivity contribution in [3.8, 4) is 0 Å². The fourth-order valence-corrected chi connectivity index (χ4v) is 2.92. The Morgan fingerprint density at radius 3 is 2.57 bits per heavy atom. The van der Waals surface area contributed by atoms with E-state index in [1.54, 1.807) is 0 Å². The lowest BCUT2D eigenvalue weighted by atomic mass is 10.1. The van der Waals surface area contributed by atoms with E-state index in [0.717, 1.165) is 26.1 Å². The summed E-state index contributed by atoms with van der Waals surface area (Å²) in [7, 11) is 8.30. The summed E-state index contributed by atoms with van der Waals surface area (Å²) < 4.78 is 0. The second-order valence-electron chi connectivity index (χ2n) is 6.76. The van der Waals surface area contributed by atoms with Crippen molar-refractivity contribution >= 4 is 11.6 Å². The monoisotopic (exact) mass is 318 g/mol. The van der Waals surface area contributed by atoms with Crippen molar-refractivity contribution in [3.63, 3.8) is 0 Å². The number of nitrogens with one attached hydrogen (secondary N) is 1. The molecule has 2 rings (SSSR count). The Labute approximate surface area is 140 Å². The van der Waals surface area contributed by atoms with Crippen LogP contribution in [-0.2, 0) is 11.2 Å². The number of carbonyl (C=O) groups excluding carboxylic acids is 1. The number of likely N-dealkylation sites (N-methyl/N-ethyl adjacent to an activating group) is 2. The zero-order valence-electron chi connectivity index (χ0n) is 14.9. The lowest BCUT2D eigenvalue weighted by Crippen LogP contribution is -2.51. The van der Waals surface area contributed by atoms with Crippen LogP contribution in [0.25, 0.3) is 0 Å². The van der Waals surface area contributed by atoms with Gasteiger partial charge in [-0.15, -0.1) is 0 Å². The molecule has 0 aromatic heterocycles. The molecule has 5 nitrogen and oxygen atoms in total. The van der Waals surface area contributed by atoms with Gasteiger partial charge in [0.15, 0.2) is 0 Å². The number of benzene rings is 1. The lowest BCUT2D eigenvalue weighted by molar-refractivity contribution is -0.122. The molecule has 1 aliphatic rings. The van der Waals surface area contributed by atoms with Crippen molar-refractivity contribution in [3.05, 3.63) is 29.8 Å². The standard InChI is InChI=1S/C18H30N4O/c1-20(2)16-7-5-15(6-8-16)9-10-19-18(23)13-17-14-21(3)11-12-22(17)4/h5-8,17H,9-14H2,1-4H3,(H,19,23)/t17-/m1/s1. The highest BCUT2D eigenvalue weighted by Crippen LogP contribution is 2.12. The Hall–Kier alpha value is -1.59. The van der Waals surface area contributed by atoms with Crippen LogP contribution in [0.3, 0.4) is 0 Å². The maximum Gasteiger partial charge on any atom is 0.221 e. The third-order valence-electron chi connectivity index (χ3n) is 4.59. The van der Waals surface area contributed by atoms with Crippen molar-refractivity contribution < 1.29 is 4.79 Å². The Bertz CT molecular complexity index is 500. The van der Waals surface area contributed by atoms with E-state index in [1.807, 2.05) is 14.1 Å². The lowest BCUT2D eigenvalue weighted by Gasteiger charge is -2.37. The number of amides is 1. The van der Waals surface area contributed by atoms with Gasteiger partial charge in [-0.1, -0.05) is 12.1 Å². The summed E-state index contributed by atoms with van der Waals surface area (Å²) in [5, 5.41) is 3.06. The molecule has 0 spiro atoms. The van der Waals surface area contributed by atoms with Crippen molar-refractivity contribution in [1.29, 1.82) is 0 Å². The molecule has 0 saturated carbocycles. The van der Waals surface area contributed by atoms with Gasteiger partial charge in [-0.05, 0) is 38.2 Å². The second-order valence-corrected chi connectivity index (χ2v) is 6.76. The quantitative estimate of drug-likeness (QED) is 0.851. The van der Waals surface area contributed by atoms with E-state index < -0.39 is 0 Å². The first kappa shape index (κ1) is 17.8. The van der Waals surface area contributed by atoms with E-state index in [-0.39, 0.29) is 5.91 Å². The van der Waals surface area contributed by atoms with Crippen LogP contribution in [0.1, 0.15) is 12.0 Å². The van der Waals surface area contributed by atoms with Gasteiger partial charge >= 0.3 is 0 Å². The zero-order valence-corrected chi connectivity index (χ0v) is 14.9. The molecule has 23 heavy (non-hydrogen) atoms. The molecule has 128 valence electrons. The largest absolute Gasteiger partial charge is 0.378 e. The fraction of sp³-hybridized carbons (Fsp3) is 0.611. The van der Waals surface area contributed by atoms with Crippen LogP contribution in [0.15, 0.2) is 24.3 Å². The van der Waals surface area contributed by atoms with Gasteiger partial charge in [0.25, 0.3) is 0 Å². The average molecular weight is 318 g/mol. The van der Waals surface area contributed by atoms with Gasteiger partial charge in [-0.3, -0.25) is 4.79 Å². The number of piperazine rings is 1. The van der Waals surface area contributed by atoms with Crippen molar-refractivity contribution in [2.45, 2.75) is 18.9 Å². The molecule has 1 aromatic rings. The highest BCUT2D eigenvalue weighted by molar-refractivity contribution is 5.76. The number of rotatable bonds is 6. The molecule has 0 bridgehead atoms. The van der Waals surface area contributed by atoms with E-state index in [0.29, 0.717) is 19.0 Å². The van der Waals surface area contributed by atoms with Gasteiger partial charge in [-0.25, -0.2) is 0 Å². The van der Waals surface area contributed by atoms with E-state index >= 15 is 0 Å². The van der Waals surface area contributed by atoms with Gasteiger partial charge in [-0.2, -0.15) is 0 Å². The van der Waals surface area contributed by atoms with Crippen LogP contribution in [0.4, 0.5) is 5.69 Å². The molecule has 0 unspecified atom stereocenters. The highest BCUT2D eigenvalue weighted by Gasteiger charge is 2.24. The summed E-state index contributed by atoms with van der Waals surface area (Å²) in [6, 6.07) is 8.82. The Morgan fingerprint density at radius 1 is 1.22 bits per heavy atom. The van der Waals surface area contributed by atoms with Crippen LogP contribution in [-0.4, -0.2) is 76.1 Å². The highest BCUT2D eigenvalue weighted by atomic mass is 16.1. The molecule has 1 atom stereocenters. The molecular formula is C18H30N4O. The molecule has 1 N–H and O–H groups in total. The maximum atomic E-state index is 12.1. The first-order valence-electron chi connectivity index (χ1n) is 8.37. The van der Waals surface area contributed by atoms with Crippen LogP contribution >= 0.6 is 0 Å². The summed E-state index contributed by atoms with van der Waals surface area (Å²) in [5.74, 6) is 0.155. The van der Waals surface area contributed by atoms with E-state index in [1.165, 1.54) is 11.3 Å². The van der Waals surface area contributed by atoms with E-state index in [2.05, 4.69) is 58.4 Å². The summed E-state index contributed by atoms with van der Waals surface area (Å²) >= 11 is 0. The van der Waals surface area contributed by atoms with Crippen molar-refractivity contribution in [2.24, 2.45) is 0 Å². The summed E-state index contributed by atoms with van der Waals surface area (Å²) in [6.07, 6.45) is 1.46. The SMILES string of the molecule is CN1CCN(C)[C@H](CC(=O)NCCc2ccc(N(C)C)cc2)C1. The predicted octanol–water partition coefficient (Wildman–Crippen LogP) is 1.05. The first-order chi connectivity index (χ1) is 11.0. The smallest absolute Gasteiger partial charge is 0.221 e. The molecule has 1 saturated heterocycles. The molecular weight excluding hydrogens is 288 g/mol. The molecule has 0 radical (unpaired) electrons. The van der Waals surface area contributed by atoms with E-state index in [4.69, 9.17) is 0 Å². The molecule has 0 aliphatic carbocycles. The normalized spacial score (nSPS) is 19.6.